The van der Waals surface area contributed by atoms with Gasteiger partial charge in [-0.15, -0.1) is 0 Å². The number of rotatable bonds is 2. The predicted molar refractivity (Wildman–Crippen MR) is 87.0 cm³/mol. The number of fused-ring (bicyclic) bond motifs is 1. The predicted octanol–water partition coefficient (Wildman–Crippen LogP) is 5.06. The van der Waals surface area contributed by atoms with Crippen LogP contribution >= 0.6 is 0 Å². The van der Waals surface area contributed by atoms with E-state index in [-0.39, 0.29) is 5.92 Å². The monoisotopic (exact) mass is 270 g/mol. The second-order valence-electron chi connectivity index (χ2n) is 5.33. The lowest BCUT2D eigenvalue weighted by Crippen LogP contribution is -2.08. The minimum absolute atomic E-state index is 0.0411. The number of hydrogen-bond donors (Lipinski definition) is 0. The van der Waals surface area contributed by atoms with Crippen LogP contribution < -0.4 is 0 Å². The first kappa shape index (κ1) is 16.3. The highest BCUT2D eigenvalue weighted by atomic mass is 15.0. The fourth-order valence-electron chi connectivity index (χ4n) is 2.71. The molecule has 1 aromatic carbocycles. The van der Waals surface area contributed by atoms with Crippen LogP contribution in [0.4, 0.5) is 0 Å². The summed E-state index contributed by atoms with van der Waals surface area (Å²) in [5, 5.41) is 10.3. The standard InChI is InChI=1S/C16H20N2.C2H6/c1-10-6-12(3)16-15(7-10)13(4)14(5)18(16)9-11(2)8-17;1-2/h6-7,11H,9H2,1-5H3;1-2H3. The van der Waals surface area contributed by atoms with Gasteiger partial charge in [-0.25, -0.2) is 0 Å². The Kier molecular flexibility index (Phi) is 5.39. The molecule has 20 heavy (non-hydrogen) atoms. The van der Waals surface area contributed by atoms with Crippen molar-refractivity contribution in [3.05, 3.63) is 34.5 Å². The van der Waals surface area contributed by atoms with Gasteiger partial charge in [-0.2, -0.15) is 5.26 Å². The Morgan fingerprint density at radius 1 is 1.15 bits per heavy atom. The minimum atomic E-state index is 0.0411. The van der Waals surface area contributed by atoms with E-state index in [0.29, 0.717) is 0 Å². The molecule has 0 spiro atoms. The first-order chi connectivity index (χ1) is 9.45. The third-order valence-electron chi connectivity index (χ3n) is 3.74. The number of nitrogens with zero attached hydrogens (tertiary/aromatic N) is 2. The Balaban J connectivity index is 0.000000956. The summed E-state index contributed by atoms with van der Waals surface area (Å²) in [5.74, 6) is 0.0411. The summed E-state index contributed by atoms with van der Waals surface area (Å²) in [5.41, 5.74) is 6.50. The van der Waals surface area contributed by atoms with Crippen LogP contribution in [-0.2, 0) is 6.54 Å². The molecule has 1 heterocycles. The van der Waals surface area contributed by atoms with Crippen LogP contribution in [-0.4, -0.2) is 4.57 Å². The van der Waals surface area contributed by atoms with Gasteiger partial charge in [-0.05, 0) is 51.8 Å². The summed E-state index contributed by atoms with van der Waals surface area (Å²) < 4.78 is 2.30. The van der Waals surface area contributed by atoms with Crippen molar-refractivity contribution < 1.29 is 0 Å². The van der Waals surface area contributed by atoms with E-state index in [1.165, 1.54) is 33.3 Å². The number of benzene rings is 1. The van der Waals surface area contributed by atoms with Gasteiger partial charge >= 0.3 is 0 Å². The summed E-state index contributed by atoms with van der Waals surface area (Å²) in [6, 6.07) is 6.79. The first-order valence-corrected chi connectivity index (χ1v) is 7.42. The van der Waals surface area contributed by atoms with E-state index < -0.39 is 0 Å². The zero-order valence-electron chi connectivity index (χ0n) is 13.8. The smallest absolute Gasteiger partial charge is 0.0671 e. The Labute approximate surface area is 123 Å². The normalized spacial score (nSPS) is 11.7. The molecule has 0 fully saturated rings. The van der Waals surface area contributed by atoms with E-state index in [1.807, 2.05) is 20.8 Å². The van der Waals surface area contributed by atoms with Crippen LogP contribution in [0.2, 0.25) is 0 Å². The van der Waals surface area contributed by atoms with Gasteiger partial charge in [0, 0.05) is 17.6 Å². The molecule has 1 unspecified atom stereocenters. The number of aromatic nitrogens is 1. The average Bonchev–Trinajstić information content (AvgIpc) is 2.66. The molecule has 2 nitrogen and oxygen atoms in total. The lowest BCUT2D eigenvalue weighted by molar-refractivity contribution is 0.584. The Morgan fingerprint density at radius 3 is 2.30 bits per heavy atom. The van der Waals surface area contributed by atoms with Crippen LogP contribution in [0, 0.1) is 44.9 Å². The van der Waals surface area contributed by atoms with Crippen molar-refractivity contribution >= 4 is 10.9 Å². The lowest BCUT2D eigenvalue weighted by atomic mass is 10.1. The quantitative estimate of drug-likeness (QED) is 0.749. The third-order valence-corrected chi connectivity index (χ3v) is 3.74. The van der Waals surface area contributed by atoms with Crippen molar-refractivity contribution in [2.45, 2.75) is 55.0 Å². The maximum absolute atomic E-state index is 9.02. The Morgan fingerprint density at radius 2 is 1.75 bits per heavy atom. The molecular formula is C18H26N2. The maximum Gasteiger partial charge on any atom is 0.0671 e. The van der Waals surface area contributed by atoms with Gasteiger partial charge in [-0.3, -0.25) is 0 Å². The summed E-state index contributed by atoms with van der Waals surface area (Å²) in [4.78, 5) is 0. The summed E-state index contributed by atoms with van der Waals surface area (Å²) in [7, 11) is 0. The van der Waals surface area contributed by atoms with Gasteiger partial charge in [-0.1, -0.05) is 25.5 Å². The van der Waals surface area contributed by atoms with Gasteiger partial charge in [0.2, 0.25) is 0 Å². The highest BCUT2D eigenvalue weighted by molar-refractivity contribution is 5.88. The minimum Gasteiger partial charge on any atom is -0.343 e. The molecule has 0 aliphatic heterocycles. The van der Waals surface area contributed by atoms with Gasteiger partial charge in [0.15, 0.2) is 0 Å². The summed E-state index contributed by atoms with van der Waals surface area (Å²) in [6.45, 7) is 15.4. The van der Waals surface area contributed by atoms with E-state index in [1.54, 1.807) is 0 Å². The summed E-state index contributed by atoms with van der Waals surface area (Å²) in [6.07, 6.45) is 0. The van der Waals surface area contributed by atoms with Crippen molar-refractivity contribution in [3.8, 4) is 6.07 Å². The van der Waals surface area contributed by atoms with Crippen molar-refractivity contribution in [2.24, 2.45) is 5.92 Å². The molecular weight excluding hydrogens is 244 g/mol. The van der Waals surface area contributed by atoms with Gasteiger partial charge in [0.1, 0.15) is 0 Å². The average molecular weight is 270 g/mol. The van der Waals surface area contributed by atoms with E-state index in [4.69, 9.17) is 5.26 Å². The SMILES string of the molecule is CC.Cc1cc(C)c2c(c1)c(C)c(C)n2CC(C)C#N. The van der Waals surface area contributed by atoms with Crippen LogP contribution in [0.15, 0.2) is 12.1 Å². The van der Waals surface area contributed by atoms with Crippen molar-refractivity contribution in [2.75, 3.05) is 0 Å². The molecule has 1 aromatic heterocycles. The highest BCUT2D eigenvalue weighted by Gasteiger charge is 2.14. The van der Waals surface area contributed by atoms with Crippen molar-refractivity contribution in [3.63, 3.8) is 0 Å². The molecule has 1 atom stereocenters. The second-order valence-corrected chi connectivity index (χ2v) is 5.33. The van der Waals surface area contributed by atoms with E-state index >= 15 is 0 Å². The zero-order chi connectivity index (χ0) is 15.4. The molecule has 0 saturated heterocycles. The van der Waals surface area contributed by atoms with Gasteiger partial charge in [0.05, 0.1) is 17.5 Å². The Bertz CT molecular complexity index is 642. The van der Waals surface area contributed by atoms with Crippen LogP contribution in [0.5, 0.6) is 0 Å². The number of nitriles is 1. The van der Waals surface area contributed by atoms with E-state index in [2.05, 4.69) is 50.5 Å². The topological polar surface area (TPSA) is 28.7 Å². The fourth-order valence-corrected chi connectivity index (χ4v) is 2.71. The van der Waals surface area contributed by atoms with Crippen molar-refractivity contribution in [1.82, 2.24) is 4.57 Å². The largest absolute Gasteiger partial charge is 0.343 e. The van der Waals surface area contributed by atoms with Gasteiger partial charge in [0.25, 0.3) is 0 Å². The molecule has 0 bridgehead atoms. The Hall–Kier alpha value is -1.75. The molecule has 0 N–H and O–H groups in total. The molecule has 2 heteroatoms. The van der Waals surface area contributed by atoms with E-state index in [9.17, 15) is 0 Å². The van der Waals surface area contributed by atoms with Crippen LogP contribution in [0.3, 0.4) is 0 Å². The van der Waals surface area contributed by atoms with Gasteiger partial charge < -0.3 is 4.57 Å². The maximum atomic E-state index is 9.02. The molecule has 0 aliphatic carbocycles. The number of hydrogen-bond acceptors (Lipinski definition) is 1. The molecule has 108 valence electrons. The lowest BCUT2D eigenvalue weighted by Gasteiger charge is -2.11. The van der Waals surface area contributed by atoms with Crippen LogP contribution in [0.25, 0.3) is 10.9 Å². The first-order valence-electron chi connectivity index (χ1n) is 7.42. The fraction of sp³-hybridized carbons (Fsp3) is 0.500. The second kappa shape index (κ2) is 6.61. The molecule has 2 rings (SSSR count). The molecule has 0 radical (unpaired) electrons. The highest BCUT2D eigenvalue weighted by Crippen LogP contribution is 2.29. The molecule has 0 saturated carbocycles. The summed E-state index contributed by atoms with van der Waals surface area (Å²) >= 11 is 0. The molecule has 0 amide bonds. The molecule has 0 aliphatic rings. The van der Waals surface area contributed by atoms with Crippen LogP contribution in [0.1, 0.15) is 43.2 Å². The number of aryl methyl sites for hydroxylation is 3. The zero-order valence-corrected chi connectivity index (χ0v) is 13.8. The third kappa shape index (κ3) is 2.88. The van der Waals surface area contributed by atoms with Crippen molar-refractivity contribution in [1.29, 1.82) is 5.26 Å². The van der Waals surface area contributed by atoms with E-state index in [0.717, 1.165) is 6.54 Å². The molecule has 2 aromatic rings.